The molecule has 124 valence electrons. The maximum atomic E-state index is 12.2. The number of carbonyl (C=O) groups is 1. The quantitative estimate of drug-likeness (QED) is 0.841. The van der Waals surface area contributed by atoms with Crippen molar-refractivity contribution in [3.8, 4) is 0 Å². The SMILES string of the molecule is Cc1csc(N2CCC(C(=O)NCC(O)CC(C)C)CC2)n1. The van der Waals surface area contributed by atoms with E-state index >= 15 is 0 Å². The number of aliphatic hydroxyl groups excluding tert-OH is 1. The first-order valence-electron chi connectivity index (χ1n) is 8.08. The number of anilines is 1. The third-order valence-corrected chi connectivity index (χ3v) is 5.02. The highest BCUT2D eigenvalue weighted by Gasteiger charge is 2.26. The zero-order chi connectivity index (χ0) is 16.1. The summed E-state index contributed by atoms with van der Waals surface area (Å²) in [7, 11) is 0. The van der Waals surface area contributed by atoms with Crippen molar-refractivity contribution in [3.05, 3.63) is 11.1 Å². The maximum Gasteiger partial charge on any atom is 0.223 e. The van der Waals surface area contributed by atoms with Crippen LogP contribution in [0.3, 0.4) is 0 Å². The Morgan fingerprint density at radius 3 is 2.73 bits per heavy atom. The molecular formula is C16H27N3O2S. The molecule has 0 spiro atoms. The van der Waals surface area contributed by atoms with Gasteiger partial charge in [0.15, 0.2) is 5.13 Å². The number of nitrogens with one attached hydrogen (secondary N) is 1. The molecule has 0 aliphatic carbocycles. The Labute approximate surface area is 136 Å². The van der Waals surface area contributed by atoms with E-state index in [2.05, 4.69) is 34.4 Å². The summed E-state index contributed by atoms with van der Waals surface area (Å²) in [6.07, 6.45) is 1.99. The fraction of sp³-hybridized carbons (Fsp3) is 0.750. The van der Waals surface area contributed by atoms with Gasteiger partial charge in [0.2, 0.25) is 5.91 Å². The van der Waals surface area contributed by atoms with E-state index in [0.717, 1.165) is 43.2 Å². The summed E-state index contributed by atoms with van der Waals surface area (Å²) in [5.41, 5.74) is 1.05. The van der Waals surface area contributed by atoms with Gasteiger partial charge in [0, 0.05) is 30.9 Å². The Balaban J connectivity index is 1.73. The maximum absolute atomic E-state index is 12.2. The molecule has 1 unspecified atom stereocenters. The number of rotatable bonds is 6. The number of piperidine rings is 1. The van der Waals surface area contributed by atoms with Crippen LogP contribution in [0.4, 0.5) is 5.13 Å². The Morgan fingerprint density at radius 2 is 2.18 bits per heavy atom. The second-order valence-electron chi connectivity index (χ2n) is 6.56. The fourth-order valence-electron chi connectivity index (χ4n) is 2.81. The number of aromatic nitrogens is 1. The predicted molar refractivity (Wildman–Crippen MR) is 90.3 cm³/mol. The number of nitrogens with zero attached hydrogens (tertiary/aromatic N) is 2. The van der Waals surface area contributed by atoms with Gasteiger partial charge in [0.25, 0.3) is 0 Å². The molecule has 1 aliphatic rings. The van der Waals surface area contributed by atoms with E-state index in [9.17, 15) is 9.90 Å². The van der Waals surface area contributed by atoms with Gasteiger partial charge in [-0.15, -0.1) is 11.3 Å². The molecule has 1 aromatic rings. The Hall–Kier alpha value is -1.14. The molecular weight excluding hydrogens is 298 g/mol. The molecule has 1 amide bonds. The molecule has 22 heavy (non-hydrogen) atoms. The monoisotopic (exact) mass is 325 g/mol. The molecule has 0 saturated carbocycles. The van der Waals surface area contributed by atoms with Gasteiger partial charge < -0.3 is 15.3 Å². The Bertz CT molecular complexity index is 481. The van der Waals surface area contributed by atoms with Gasteiger partial charge in [0.05, 0.1) is 11.8 Å². The van der Waals surface area contributed by atoms with Crippen molar-refractivity contribution in [2.75, 3.05) is 24.5 Å². The first-order chi connectivity index (χ1) is 10.5. The van der Waals surface area contributed by atoms with E-state index < -0.39 is 6.10 Å². The lowest BCUT2D eigenvalue weighted by Crippen LogP contribution is -2.42. The van der Waals surface area contributed by atoms with E-state index in [1.54, 1.807) is 11.3 Å². The van der Waals surface area contributed by atoms with E-state index in [1.807, 2.05) is 6.92 Å². The number of amides is 1. The minimum absolute atomic E-state index is 0.0589. The lowest BCUT2D eigenvalue weighted by atomic mass is 9.96. The highest BCUT2D eigenvalue weighted by Crippen LogP contribution is 2.26. The Kier molecular flexibility index (Phi) is 6.20. The first-order valence-corrected chi connectivity index (χ1v) is 8.96. The zero-order valence-electron chi connectivity index (χ0n) is 13.7. The number of carbonyl (C=O) groups excluding carboxylic acids is 1. The zero-order valence-corrected chi connectivity index (χ0v) is 14.5. The minimum Gasteiger partial charge on any atom is -0.391 e. The number of thiazole rings is 1. The minimum atomic E-state index is -0.442. The van der Waals surface area contributed by atoms with Crippen molar-refractivity contribution in [1.82, 2.24) is 10.3 Å². The van der Waals surface area contributed by atoms with Crippen molar-refractivity contribution in [2.24, 2.45) is 11.8 Å². The van der Waals surface area contributed by atoms with Crippen LogP contribution in [0, 0.1) is 18.8 Å². The van der Waals surface area contributed by atoms with Crippen LogP contribution in [0.2, 0.25) is 0 Å². The van der Waals surface area contributed by atoms with Crippen LogP contribution in [0.15, 0.2) is 5.38 Å². The third-order valence-electron chi connectivity index (χ3n) is 4.00. The Morgan fingerprint density at radius 1 is 1.50 bits per heavy atom. The molecule has 1 saturated heterocycles. The molecule has 5 nitrogen and oxygen atoms in total. The van der Waals surface area contributed by atoms with E-state index in [1.165, 1.54) is 0 Å². The molecule has 0 bridgehead atoms. The van der Waals surface area contributed by atoms with Crippen LogP contribution in [0.5, 0.6) is 0 Å². The predicted octanol–water partition coefficient (Wildman–Crippen LogP) is 2.19. The summed E-state index contributed by atoms with van der Waals surface area (Å²) in [4.78, 5) is 18.9. The van der Waals surface area contributed by atoms with Crippen molar-refractivity contribution in [2.45, 2.75) is 46.1 Å². The molecule has 2 N–H and O–H groups in total. The molecule has 1 aliphatic heterocycles. The van der Waals surface area contributed by atoms with Crippen LogP contribution in [-0.4, -0.2) is 41.7 Å². The first kappa shape index (κ1) is 17.2. The molecule has 0 aromatic carbocycles. The number of hydrogen-bond acceptors (Lipinski definition) is 5. The highest BCUT2D eigenvalue weighted by molar-refractivity contribution is 7.13. The average molecular weight is 325 g/mol. The van der Waals surface area contributed by atoms with Crippen LogP contribution in [0.1, 0.15) is 38.8 Å². The van der Waals surface area contributed by atoms with Gasteiger partial charge in [-0.1, -0.05) is 13.8 Å². The van der Waals surface area contributed by atoms with Crippen LogP contribution in [0.25, 0.3) is 0 Å². The number of aliphatic hydroxyl groups is 1. The lowest BCUT2D eigenvalue weighted by Gasteiger charge is -2.31. The standard InChI is InChI=1S/C16H27N3O2S/c1-11(2)8-14(20)9-17-15(21)13-4-6-19(7-5-13)16-18-12(3)10-22-16/h10-11,13-14,20H,4-9H2,1-3H3,(H,17,21). The van der Waals surface area contributed by atoms with E-state index in [4.69, 9.17) is 0 Å². The van der Waals surface area contributed by atoms with Crippen LogP contribution >= 0.6 is 11.3 Å². The summed E-state index contributed by atoms with van der Waals surface area (Å²) in [6, 6.07) is 0. The molecule has 2 rings (SSSR count). The van der Waals surface area contributed by atoms with Crippen molar-refractivity contribution in [3.63, 3.8) is 0 Å². The largest absolute Gasteiger partial charge is 0.391 e. The van der Waals surface area contributed by atoms with Gasteiger partial charge in [-0.3, -0.25) is 4.79 Å². The van der Waals surface area contributed by atoms with Crippen LogP contribution in [-0.2, 0) is 4.79 Å². The molecule has 1 atom stereocenters. The van der Waals surface area contributed by atoms with Crippen molar-refractivity contribution < 1.29 is 9.90 Å². The third kappa shape index (κ3) is 4.95. The fourth-order valence-corrected chi connectivity index (χ4v) is 3.67. The molecule has 0 radical (unpaired) electrons. The van der Waals surface area contributed by atoms with E-state index in [-0.39, 0.29) is 11.8 Å². The number of aryl methyl sites for hydroxylation is 1. The van der Waals surface area contributed by atoms with Crippen molar-refractivity contribution >= 4 is 22.4 Å². The summed E-state index contributed by atoms with van der Waals surface area (Å²) < 4.78 is 0. The van der Waals surface area contributed by atoms with E-state index in [0.29, 0.717) is 12.5 Å². The summed E-state index contributed by atoms with van der Waals surface area (Å²) in [5.74, 6) is 0.582. The smallest absolute Gasteiger partial charge is 0.223 e. The number of hydrogen-bond donors (Lipinski definition) is 2. The summed E-state index contributed by atoms with van der Waals surface area (Å²) >= 11 is 1.67. The normalized spacial score (nSPS) is 17.8. The molecule has 1 fully saturated rings. The van der Waals surface area contributed by atoms with Crippen molar-refractivity contribution in [1.29, 1.82) is 0 Å². The molecule has 2 heterocycles. The summed E-state index contributed by atoms with van der Waals surface area (Å²) in [6.45, 7) is 8.26. The van der Waals surface area contributed by atoms with Gasteiger partial charge >= 0.3 is 0 Å². The van der Waals surface area contributed by atoms with Gasteiger partial charge in [-0.25, -0.2) is 4.98 Å². The van der Waals surface area contributed by atoms with Gasteiger partial charge in [-0.2, -0.15) is 0 Å². The molecule has 1 aromatic heterocycles. The van der Waals surface area contributed by atoms with Gasteiger partial charge in [0.1, 0.15) is 0 Å². The second-order valence-corrected chi connectivity index (χ2v) is 7.40. The highest BCUT2D eigenvalue weighted by atomic mass is 32.1. The van der Waals surface area contributed by atoms with Crippen LogP contribution < -0.4 is 10.2 Å². The second kappa shape index (κ2) is 7.92. The van der Waals surface area contributed by atoms with Gasteiger partial charge in [-0.05, 0) is 32.1 Å². The summed E-state index contributed by atoms with van der Waals surface area (Å²) in [5, 5.41) is 15.8. The average Bonchev–Trinajstić information content (AvgIpc) is 2.91. The lowest BCUT2D eigenvalue weighted by molar-refractivity contribution is -0.126. The topological polar surface area (TPSA) is 65.5 Å². The molecule has 6 heteroatoms.